The van der Waals surface area contributed by atoms with E-state index in [4.69, 9.17) is 9.15 Å². The fraction of sp³-hybridized carbons (Fsp3) is 0.0833. The topological polar surface area (TPSA) is 88.8 Å². The van der Waals surface area contributed by atoms with Gasteiger partial charge in [-0.05, 0) is 42.0 Å². The third-order valence-electron chi connectivity index (χ3n) is 5.21. The summed E-state index contributed by atoms with van der Waals surface area (Å²) in [5, 5.41) is 13.2. The number of para-hydroxylation sites is 2. The molecule has 6 nitrogen and oxygen atoms in total. The van der Waals surface area contributed by atoms with E-state index in [0.29, 0.717) is 33.5 Å². The minimum atomic E-state index is -0.974. The van der Waals surface area contributed by atoms with Gasteiger partial charge in [-0.1, -0.05) is 42.5 Å². The third-order valence-corrected chi connectivity index (χ3v) is 5.21. The first-order valence-corrected chi connectivity index (χ1v) is 9.49. The molecule has 2 N–H and O–H groups in total. The highest BCUT2D eigenvalue weighted by Crippen LogP contribution is 2.44. The van der Waals surface area contributed by atoms with Gasteiger partial charge in [0, 0.05) is 5.69 Å². The third kappa shape index (κ3) is 2.99. The minimum absolute atomic E-state index is 0.0914. The summed E-state index contributed by atoms with van der Waals surface area (Å²) >= 11 is 0. The molecule has 0 radical (unpaired) electrons. The molecule has 148 valence electrons. The molecule has 0 spiro atoms. The Morgan fingerprint density at radius 2 is 1.60 bits per heavy atom. The molecule has 1 aliphatic heterocycles. The lowest BCUT2D eigenvalue weighted by atomic mass is 9.88. The van der Waals surface area contributed by atoms with Crippen LogP contribution >= 0.6 is 0 Å². The van der Waals surface area contributed by atoms with Crippen LogP contribution < -0.4 is 15.7 Å². The second-order valence-electron chi connectivity index (χ2n) is 7.09. The van der Waals surface area contributed by atoms with Gasteiger partial charge in [-0.15, -0.1) is 0 Å². The molecule has 1 amide bonds. The fourth-order valence-corrected chi connectivity index (χ4v) is 3.84. The summed E-state index contributed by atoms with van der Waals surface area (Å²) in [4.78, 5) is 26.0. The molecule has 1 aromatic heterocycles. The summed E-state index contributed by atoms with van der Waals surface area (Å²) in [6.45, 7) is 0. The van der Waals surface area contributed by atoms with Gasteiger partial charge >= 0.3 is 5.63 Å². The Hall–Kier alpha value is -4.06. The maximum absolute atomic E-state index is 13.2. The van der Waals surface area contributed by atoms with E-state index in [9.17, 15) is 14.7 Å². The molecular formula is C24H17NO5. The molecule has 0 saturated heterocycles. The van der Waals surface area contributed by atoms with Crippen molar-refractivity contribution in [3.05, 3.63) is 100 Å². The highest BCUT2D eigenvalue weighted by molar-refractivity contribution is 5.97. The highest BCUT2D eigenvalue weighted by atomic mass is 16.5. The Labute approximate surface area is 171 Å². The van der Waals surface area contributed by atoms with Gasteiger partial charge in [-0.25, -0.2) is 4.79 Å². The van der Waals surface area contributed by atoms with Crippen molar-refractivity contribution in [2.75, 3.05) is 5.32 Å². The summed E-state index contributed by atoms with van der Waals surface area (Å²) in [5.74, 6) is -0.606. The Morgan fingerprint density at radius 1 is 0.900 bits per heavy atom. The van der Waals surface area contributed by atoms with Crippen molar-refractivity contribution in [3.63, 3.8) is 0 Å². The number of carbonyl (C=O) groups is 1. The number of anilines is 1. The van der Waals surface area contributed by atoms with Crippen molar-refractivity contribution < 1.29 is 19.1 Å². The molecule has 4 aromatic rings. The lowest BCUT2D eigenvalue weighted by Crippen LogP contribution is -2.35. The molecule has 6 heteroatoms. The lowest BCUT2D eigenvalue weighted by molar-refractivity contribution is -0.122. The van der Waals surface area contributed by atoms with Crippen molar-refractivity contribution in [1.29, 1.82) is 0 Å². The van der Waals surface area contributed by atoms with Gasteiger partial charge in [0.15, 0.2) is 6.10 Å². The van der Waals surface area contributed by atoms with Crippen LogP contribution in [0.1, 0.15) is 17.0 Å². The van der Waals surface area contributed by atoms with Gasteiger partial charge in [0.1, 0.15) is 17.1 Å². The molecule has 0 fully saturated rings. The molecule has 5 rings (SSSR count). The lowest BCUT2D eigenvalue weighted by Gasteiger charge is -2.18. The van der Waals surface area contributed by atoms with Crippen LogP contribution in [0.15, 0.2) is 88.1 Å². The highest BCUT2D eigenvalue weighted by Gasteiger charge is 2.44. The standard InChI is InChI=1S/C24H17NO5/c26-16-12-10-14(11-13-16)19-20-21(17-8-4-5-9-18(17)29-24(20)28)30-22(19)23(27)25-15-6-2-1-3-7-15/h1-13,19,22,26H,(H,25,27)/t19-,22+/m1/s1. The zero-order chi connectivity index (χ0) is 20.7. The normalized spacial score (nSPS) is 17.3. The minimum Gasteiger partial charge on any atom is -0.508 e. The number of carbonyl (C=O) groups excluding carboxylic acids is 1. The van der Waals surface area contributed by atoms with Gasteiger partial charge in [-0.3, -0.25) is 4.79 Å². The number of phenols is 1. The van der Waals surface area contributed by atoms with E-state index in [2.05, 4.69) is 5.32 Å². The van der Waals surface area contributed by atoms with E-state index in [0.717, 1.165) is 0 Å². The van der Waals surface area contributed by atoms with Gasteiger partial charge < -0.3 is 19.6 Å². The molecule has 3 aromatic carbocycles. The summed E-state index contributed by atoms with van der Waals surface area (Å²) < 4.78 is 11.6. The molecule has 2 atom stereocenters. The van der Waals surface area contributed by atoms with Crippen LogP contribution in [0, 0.1) is 0 Å². The van der Waals surface area contributed by atoms with Crippen LogP contribution in [0.25, 0.3) is 11.0 Å². The molecule has 0 bridgehead atoms. The van der Waals surface area contributed by atoms with Crippen molar-refractivity contribution >= 4 is 22.6 Å². The number of benzene rings is 3. The fourth-order valence-electron chi connectivity index (χ4n) is 3.84. The monoisotopic (exact) mass is 399 g/mol. The predicted octanol–water partition coefficient (Wildman–Crippen LogP) is 4.03. The number of hydrogen-bond donors (Lipinski definition) is 2. The number of hydrogen-bond acceptors (Lipinski definition) is 5. The van der Waals surface area contributed by atoms with Crippen LogP contribution in [0.5, 0.6) is 11.5 Å². The molecular weight excluding hydrogens is 382 g/mol. The summed E-state index contributed by atoms with van der Waals surface area (Å²) in [5.41, 5.74) is 1.45. The smallest absolute Gasteiger partial charge is 0.344 e. The van der Waals surface area contributed by atoms with Crippen molar-refractivity contribution in [2.24, 2.45) is 0 Å². The largest absolute Gasteiger partial charge is 0.508 e. The molecule has 0 saturated carbocycles. The van der Waals surface area contributed by atoms with Crippen LogP contribution in [0.3, 0.4) is 0 Å². The number of amides is 1. The second kappa shape index (κ2) is 7.08. The summed E-state index contributed by atoms with van der Waals surface area (Å²) in [6, 6.07) is 22.5. The van der Waals surface area contributed by atoms with Crippen molar-refractivity contribution in [3.8, 4) is 11.5 Å². The van der Waals surface area contributed by atoms with E-state index >= 15 is 0 Å². The molecule has 1 aliphatic rings. The number of phenolic OH excluding ortho intramolecular Hbond substituents is 1. The maximum Gasteiger partial charge on any atom is 0.344 e. The van der Waals surface area contributed by atoms with E-state index in [1.165, 1.54) is 12.1 Å². The number of aromatic hydroxyl groups is 1. The average molecular weight is 399 g/mol. The molecule has 30 heavy (non-hydrogen) atoms. The van der Waals surface area contributed by atoms with Crippen LogP contribution in [-0.2, 0) is 4.79 Å². The Balaban J connectivity index is 1.65. The summed E-state index contributed by atoms with van der Waals surface area (Å²) in [6.07, 6.45) is -0.974. The van der Waals surface area contributed by atoms with E-state index in [1.54, 1.807) is 42.5 Å². The molecule has 2 heterocycles. The first kappa shape index (κ1) is 18.0. The SMILES string of the molecule is O=C(Nc1ccccc1)[C@H]1Oc2c(c(=O)oc3ccccc23)[C@H]1c1ccc(O)cc1. The molecule has 0 aliphatic carbocycles. The zero-order valence-electron chi connectivity index (χ0n) is 15.7. The average Bonchev–Trinajstić information content (AvgIpc) is 3.17. The van der Waals surface area contributed by atoms with Crippen LogP contribution in [0.2, 0.25) is 0 Å². The van der Waals surface area contributed by atoms with E-state index in [1.807, 2.05) is 24.3 Å². The van der Waals surface area contributed by atoms with Gasteiger partial charge in [-0.2, -0.15) is 0 Å². The van der Waals surface area contributed by atoms with Crippen molar-refractivity contribution in [2.45, 2.75) is 12.0 Å². The van der Waals surface area contributed by atoms with E-state index in [-0.39, 0.29) is 11.7 Å². The van der Waals surface area contributed by atoms with E-state index < -0.39 is 17.6 Å². The van der Waals surface area contributed by atoms with Crippen LogP contribution in [-0.4, -0.2) is 17.1 Å². The van der Waals surface area contributed by atoms with Gasteiger partial charge in [0.25, 0.3) is 5.91 Å². The van der Waals surface area contributed by atoms with Gasteiger partial charge in [0.05, 0.1) is 16.9 Å². The van der Waals surface area contributed by atoms with Crippen molar-refractivity contribution in [1.82, 2.24) is 0 Å². The number of rotatable bonds is 3. The summed E-state index contributed by atoms with van der Waals surface area (Å²) in [7, 11) is 0. The predicted molar refractivity (Wildman–Crippen MR) is 112 cm³/mol. The molecule has 0 unspecified atom stereocenters. The Bertz CT molecular complexity index is 1290. The first-order chi connectivity index (χ1) is 14.6. The second-order valence-corrected chi connectivity index (χ2v) is 7.09. The quantitative estimate of drug-likeness (QED) is 0.508. The Kier molecular flexibility index (Phi) is 4.25. The van der Waals surface area contributed by atoms with Crippen LogP contribution in [0.4, 0.5) is 5.69 Å². The first-order valence-electron chi connectivity index (χ1n) is 9.49. The number of nitrogens with one attached hydrogen (secondary N) is 1. The zero-order valence-corrected chi connectivity index (χ0v) is 15.7. The number of fused-ring (bicyclic) bond motifs is 3. The number of ether oxygens (including phenoxy) is 1. The maximum atomic E-state index is 13.2. The van der Waals surface area contributed by atoms with Gasteiger partial charge in [0.2, 0.25) is 0 Å². The Morgan fingerprint density at radius 3 is 2.37 bits per heavy atom.